The van der Waals surface area contributed by atoms with Gasteiger partial charge in [-0.1, -0.05) is 73.3 Å². The average Bonchev–Trinajstić information content (AvgIpc) is 2.60. The van der Waals surface area contributed by atoms with Crippen LogP contribution in [0.15, 0.2) is 59.6 Å². The van der Waals surface area contributed by atoms with Crippen LogP contribution in [0.25, 0.3) is 22.0 Å². The van der Waals surface area contributed by atoms with Gasteiger partial charge in [0.15, 0.2) is 0 Å². The predicted octanol–water partition coefficient (Wildman–Crippen LogP) is 3.65. The van der Waals surface area contributed by atoms with Crippen LogP contribution in [-0.2, 0) is 4.79 Å². The number of carbonyl (C=O) groups excluding carboxylic acids is 1. The molecule has 5 heteroatoms. The second kappa shape index (κ2) is 6.79. The van der Waals surface area contributed by atoms with Gasteiger partial charge in [-0.2, -0.15) is 0 Å². The van der Waals surface area contributed by atoms with Gasteiger partial charge >= 0.3 is 0 Å². The van der Waals surface area contributed by atoms with Crippen molar-refractivity contribution in [2.75, 3.05) is 0 Å². The van der Waals surface area contributed by atoms with Crippen molar-refractivity contribution in [1.82, 2.24) is 10.2 Å². The summed E-state index contributed by atoms with van der Waals surface area (Å²) in [6.45, 7) is 1.94. The maximum absolute atomic E-state index is 11.5. The van der Waals surface area contributed by atoms with E-state index in [4.69, 9.17) is 5.73 Å². The standard InChI is InChI=1S/C18H17N3OS/c1-2-15(17(19)22)23-18-14-11-7-6-10-13(14)16(20-21-18)12-8-4-3-5-9-12/h3-11,15H,2H2,1H3,(H2,19,22)/t15-/m0/s1. The van der Waals surface area contributed by atoms with Gasteiger partial charge in [-0.15, -0.1) is 10.2 Å². The van der Waals surface area contributed by atoms with Gasteiger partial charge in [0.2, 0.25) is 5.91 Å². The van der Waals surface area contributed by atoms with Gasteiger partial charge in [-0.05, 0) is 6.42 Å². The van der Waals surface area contributed by atoms with Crippen LogP contribution in [0.3, 0.4) is 0 Å². The lowest BCUT2D eigenvalue weighted by atomic mass is 10.1. The van der Waals surface area contributed by atoms with Crippen molar-refractivity contribution in [3.63, 3.8) is 0 Å². The molecule has 0 bridgehead atoms. The topological polar surface area (TPSA) is 68.9 Å². The lowest BCUT2D eigenvalue weighted by Crippen LogP contribution is -2.25. The van der Waals surface area contributed by atoms with Gasteiger partial charge in [-0.25, -0.2) is 0 Å². The molecule has 1 aromatic heterocycles. The molecule has 3 rings (SSSR count). The number of carbonyl (C=O) groups is 1. The number of rotatable bonds is 5. The minimum atomic E-state index is -0.324. The van der Waals surface area contributed by atoms with Crippen molar-refractivity contribution in [2.24, 2.45) is 5.73 Å². The zero-order valence-corrected chi connectivity index (χ0v) is 13.6. The molecule has 0 aliphatic heterocycles. The zero-order chi connectivity index (χ0) is 16.2. The third kappa shape index (κ3) is 3.19. The van der Waals surface area contributed by atoms with E-state index in [1.165, 1.54) is 11.8 Å². The van der Waals surface area contributed by atoms with Crippen LogP contribution in [0.5, 0.6) is 0 Å². The largest absolute Gasteiger partial charge is 0.369 e. The van der Waals surface area contributed by atoms with Crippen LogP contribution >= 0.6 is 11.8 Å². The highest BCUT2D eigenvalue weighted by atomic mass is 32.2. The fraction of sp³-hybridized carbons (Fsp3) is 0.167. The molecule has 0 saturated carbocycles. The highest BCUT2D eigenvalue weighted by Gasteiger charge is 2.18. The molecule has 2 N–H and O–H groups in total. The number of amides is 1. The first-order chi connectivity index (χ1) is 11.2. The van der Waals surface area contributed by atoms with Gasteiger partial charge in [0.05, 0.1) is 5.25 Å². The minimum absolute atomic E-state index is 0.296. The molecule has 0 fully saturated rings. The Kier molecular flexibility index (Phi) is 4.57. The number of hydrogen-bond acceptors (Lipinski definition) is 4. The molecule has 2 aromatic carbocycles. The summed E-state index contributed by atoms with van der Waals surface area (Å²) in [5.74, 6) is -0.324. The summed E-state index contributed by atoms with van der Waals surface area (Å²) in [4.78, 5) is 11.5. The van der Waals surface area contributed by atoms with E-state index in [9.17, 15) is 4.79 Å². The summed E-state index contributed by atoms with van der Waals surface area (Å²) in [5, 5.41) is 11.2. The lowest BCUT2D eigenvalue weighted by Gasteiger charge is -2.12. The number of thioether (sulfide) groups is 1. The molecular formula is C18H17N3OS. The molecule has 0 aliphatic carbocycles. The van der Waals surface area contributed by atoms with E-state index in [-0.39, 0.29) is 11.2 Å². The van der Waals surface area contributed by atoms with E-state index in [1.807, 2.05) is 61.5 Å². The first-order valence-corrected chi connectivity index (χ1v) is 8.35. The van der Waals surface area contributed by atoms with Crippen molar-refractivity contribution in [1.29, 1.82) is 0 Å². The van der Waals surface area contributed by atoms with Gasteiger partial charge in [0, 0.05) is 16.3 Å². The second-order valence-electron chi connectivity index (χ2n) is 5.18. The van der Waals surface area contributed by atoms with Crippen LogP contribution in [-0.4, -0.2) is 21.4 Å². The summed E-state index contributed by atoms with van der Waals surface area (Å²) in [5.41, 5.74) is 7.32. The van der Waals surface area contributed by atoms with Crippen LogP contribution < -0.4 is 5.73 Å². The van der Waals surface area contributed by atoms with Gasteiger partial charge in [0.1, 0.15) is 10.7 Å². The van der Waals surface area contributed by atoms with Crippen molar-refractivity contribution in [3.05, 3.63) is 54.6 Å². The number of benzene rings is 2. The summed E-state index contributed by atoms with van der Waals surface area (Å²) < 4.78 is 0. The first-order valence-electron chi connectivity index (χ1n) is 7.47. The summed E-state index contributed by atoms with van der Waals surface area (Å²) >= 11 is 1.38. The molecule has 1 amide bonds. The first kappa shape index (κ1) is 15.5. The van der Waals surface area contributed by atoms with Crippen LogP contribution in [0.4, 0.5) is 0 Å². The number of hydrogen-bond donors (Lipinski definition) is 1. The third-order valence-corrected chi connectivity index (χ3v) is 5.02. The van der Waals surface area contributed by atoms with E-state index < -0.39 is 0 Å². The zero-order valence-electron chi connectivity index (χ0n) is 12.8. The van der Waals surface area contributed by atoms with Crippen LogP contribution in [0.2, 0.25) is 0 Å². The van der Waals surface area contributed by atoms with E-state index in [0.717, 1.165) is 27.1 Å². The highest BCUT2D eigenvalue weighted by molar-refractivity contribution is 8.00. The number of fused-ring (bicyclic) bond motifs is 1. The maximum Gasteiger partial charge on any atom is 0.230 e. The molecule has 1 atom stereocenters. The summed E-state index contributed by atoms with van der Waals surface area (Å²) in [6, 6.07) is 18.0. The fourth-order valence-electron chi connectivity index (χ4n) is 2.45. The molecule has 23 heavy (non-hydrogen) atoms. The lowest BCUT2D eigenvalue weighted by molar-refractivity contribution is -0.117. The Hall–Kier alpha value is -2.40. The highest BCUT2D eigenvalue weighted by Crippen LogP contribution is 2.33. The van der Waals surface area contributed by atoms with Gasteiger partial charge in [-0.3, -0.25) is 4.79 Å². The Labute approximate surface area is 139 Å². The summed E-state index contributed by atoms with van der Waals surface area (Å²) in [7, 11) is 0. The molecule has 4 nitrogen and oxygen atoms in total. The molecule has 0 radical (unpaired) electrons. The number of aromatic nitrogens is 2. The third-order valence-electron chi connectivity index (χ3n) is 3.64. The van der Waals surface area contributed by atoms with Gasteiger partial charge < -0.3 is 5.73 Å². The number of nitrogens with zero attached hydrogens (tertiary/aromatic N) is 2. The van der Waals surface area contributed by atoms with E-state index in [0.29, 0.717) is 6.42 Å². The Morgan fingerprint density at radius 2 is 1.70 bits per heavy atom. The van der Waals surface area contributed by atoms with Crippen molar-refractivity contribution < 1.29 is 4.79 Å². The molecule has 116 valence electrons. The van der Waals surface area contributed by atoms with Crippen LogP contribution in [0.1, 0.15) is 13.3 Å². The Morgan fingerprint density at radius 3 is 2.35 bits per heavy atom. The van der Waals surface area contributed by atoms with E-state index >= 15 is 0 Å². The molecule has 0 unspecified atom stereocenters. The fourth-order valence-corrected chi connectivity index (χ4v) is 3.40. The molecule has 0 saturated heterocycles. The normalized spacial score (nSPS) is 12.2. The monoisotopic (exact) mass is 323 g/mol. The van der Waals surface area contributed by atoms with Crippen LogP contribution in [0, 0.1) is 0 Å². The Morgan fingerprint density at radius 1 is 1.04 bits per heavy atom. The molecule has 0 spiro atoms. The number of nitrogens with two attached hydrogens (primary N) is 1. The predicted molar refractivity (Wildman–Crippen MR) is 94.1 cm³/mol. The van der Waals surface area contributed by atoms with E-state index in [1.54, 1.807) is 0 Å². The number of primary amides is 1. The Balaban J connectivity index is 2.11. The quantitative estimate of drug-likeness (QED) is 0.728. The van der Waals surface area contributed by atoms with Crippen molar-refractivity contribution in [3.8, 4) is 11.3 Å². The second-order valence-corrected chi connectivity index (χ2v) is 6.37. The smallest absolute Gasteiger partial charge is 0.230 e. The molecule has 0 aliphatic rings. The van der Waals surface area contributed by atoms with E-state index in [2.05, 4.69) is 10.2 Å². The average molecular weight is 323 g/mol. The summed E-state index contributed by atoms with van der Waals surface area (Å²) in [6.07, 6.45) is 0.663. The van der Waals surface area contributed by atoms with Crippen molar-refractivity contribution in [2.45, 2.75) is 23.6 Å². The maximum atomic E-state index is 11.5. The van der Waals surface area contributed by atoms with Gasteiger partial charge in [0.25, 0.3) is 0 Å². The minimum Gasteiger partial charge on any atom is -0.369 e. The molecule has 1 heterocycles. The van der Waals surface area contributed by atoms with Crippen molar-refractivity contribution >= 4 is 28.4 Å². The SMILES string of the molecule is CC[C@H](Sc1nnc(-c2ccccc2)c2ccccc12)C(N)=O. The Bertz CT molecular complexity index is 836. The molecule has 3 aromatic rings. The molecular weight excluding hydrogens is 306 g/mol.